The number of carbonyl (C=O) groups excluding carboxylic acids is 1. The molecule has 4 rings (SSSR count). The topological polar surface area (TPSA) is 51.2 Å². The Hall–Kier alpha value is -3.66. The maximum atomic E-state index is 13.2. The van der Waals surface area contributed by atoms with Gasteiger partial charge in [-0.3, -0.25) is 4.79 Å². The molecule has 1 N–H and O–H groups in total. The number of benzene rings is 3. The number of nitrogens with zero attached hydrogens (tertiary/aromatic N) is 1. The van der Waals surface area contributed by atoms with Gasteiger partial charge in [0.05, 0.1) is 23.4 Å². The lowest BCUT2D eigenvalue weighted by atomic mass is 9.97. The second-order valence-corrected chi connectivity index (χ2v) is 7.10. The minimum Gasteiger partial charge on any atom is -0.494 e. The largest absolute Gasteiger partial charge is 0.494 e. The zero-order chi connectivity index (χ0) is 20.9. The molecule has 0 atom stereocenters. The van der Waals surface area contributed by atoms with Crippen molar-refractivity contribution in [2.24, 2.45) is 0 Å². The molecule has 0 spiro atoms. The summed E-state index contributed by atoms with van der Waals surface area (Å²) in [6.07, 6.45) is 0. The smallest absolute Gasteiger partial charge is 0.252 e. The molecule has 0 radical (unpaired) electrons. The molecule has 0 fully saturated rings. The molecule has 1 heterocycles. The van der Waals surface area contributed by atoms with E-state index >= 15 is 0 Å². The minimum absolute atomic E-state index is 0.0952. The Morgan fingerprint density at radius 2 is 1.63 bits per heavy atom. The van der Waals surface area contributed by atoms with Crippen molar-refractivity contribution in [2.45, 2.75) is 20.4 Å². The Morgan fingerprint density at radius 1 is 0.933 bits per heavy atom. The van der Waals surface area contributed by atoms with Crippen molar-refractivity contribution in [1.82, 2.24) is 10.3 Å². The van der Waals surface area contributed by atoms with Crippen LogP contribution in [-0.2, 0) is 6.54 Å². The maximum absolute atomic E-state index is 13.2. The molecule has 150 valence electrons. The summed E-state index contributed by atoms with van der Waals surface area (Å²) in [7, 11) is 0. The van der Waals surface area contributed by atoms with Gasteiger partial charge in [0.1, 0.15) is 5.75 Å². The summed E-state index contributed by atoms with van der Waals surface area (Å²) in [5.41, 5.74) is 5.16. The minimum atomic E-state index is -0.0952. The first kappa shape index (κ1) is 19.6. The molecule has 4 nitrogen and oxygen atoms in total. The van der Waals surface area contributed by atoms with Crippen molar-refractivity contribution in [3.63, 3.8) is 0 Å². The van der Waals surface area contributed by atoms with Crippen LogP contribution in [0.2, 0.25) is 0 Å². The molecule has 30 heavy (non-hydrogen) atoms. The van der Waals surface area contributed by atoms with Gasteiger partial charge in [0.15, 0.2) is 0 Å². The van der Waals surface area contributed by atoms with Crippen molar-refractivity contribution in [3.8, 4) is 17.0 Å². The van der Waals surface area contributed by atoms with E-state index in [1.165, 1.54) is 0 Å². The third kappa shape index (κ3) is 4.03. The number of nitrogens with one attached hydrogen (secondary N) is 1. The Balaban J connectivity index is 1.74. The predicted octanol–water partition coefficient (Wildman–Crippen LogP) is 5.54. The average molecular weight is 396 g/mol. The fourth-order valence-electron chi connectivity index (χ4n) is 3.62. The Kier molecular flexibility index (Phi) is 5.75. The summed E-state index contributed by atoms with van der Waals surface area (Å²) < 4.78 is 5.55. The number of pyridine rings is 1. The molecule has 1 aromatic heterocycles. The van der Waals surface area contributed by atoms with Crippen LogP contribution < -0.4 is 10.1 Å². The first-order chi connectivity index (χ1) is 14.7. The lowest BCUT2D eigenvalue weighted by Crippen LogP contribution is -2.24. The third-order valence-corrected chi connectivity index (χ3v) is 5.10. The van der Waals surface area contributed by atoms with E-state index in [4.69, 9.17) is 9.72 Å². The first-order valence-electron chi connectivity index (χ1n) is 10.1. The van der Waals surface area contributed by atoms with Crippen molar-refractivity contribution in [1.29, 1.82) is 0 Å². The number of fused-ring (bicyclic) bond motifs is 1. The normalized spacial score (nSPS) is 10.7. The predicted molar refractivity (Wildman–Crippen MR) is 121 cm³/mol. The van der Waals surface area contributed by atoms with E-state index in [0.717, 1.165) is 39.0 Å². The van der Waals surface area contributed by atoms with Gasteiger partial charge in [0.2, 0.25) is 0 Å². The van der Waals surface area contributed by atoms with Crippen LogP contribution in [0.15, 0.2) is 78.9 Å². The average Bonchev–Trinajstić information content (AvgIpc) is 2.78. The number of amides is 1. The van der Waals surface area contributed by atoms with Crippen molar-refractivity contribution < 1.29 is 9.53 Å². The second-order valence-electron chi connectivity index (χ2n) is 7.10. The highest BCUT2D eigenvalue weighted by Gasteiger charge is 2.18. The molecule has 1 amide bonds. The number of aromatic nitrogens is 1. The van der Waals surface area contributed by atoms with Crippen molar-refractivity contribution >= 4 is 16.8 Å². The van der Waals surface area contributed by atoms with E-state index in [2.05, 4.69) is 5.32 Å². The Morgan fingerprint density at radius 3 is 2.37 bits per heavy atom. The van der Waals surface area contributed by atoms with Gasteiger partial charge in [-0.15, -0.1) is 0 Å². The lowest BCUT2D eigenvalue weighted by Gasteiger charge is -2.15. The number of hydrogen-bond acceptors (Lipinski definition) is 3. The number of hydrogen-bond donors (Lipinski definition) is 1. The zero-order valence-corrected chi connectivity index (χ0v) is 17.2. The molecule has 0 aliphatic heterocycles. The van der Waals surface area contributed by atoms with Crippen LogP contribution >= 0.6 is 0 Å². The molecule has 0 aliphatic rings. The molecular formula is C26H24N2O2. The fraction of sp³-hybridized carbons (Fsp3) is 0.154. The van der Waals surface area contributed by atoms with Crippen molar-refractivity contribution in [3.05, 3.63) is 95.6 Å². The van der Waals surface area contributed by atoms with Crippen LogP contribution in [0.3, 0.4) is 0 Å². The van der Waals surface area contributed by atoms with Crippen LogP contribution in [0.25, 0.3) is 22.2 Å². The summed E-state index contributed by atoms with van der Waals surface area (Å²) in [6.45, 7) is 5.03. The molecule has 0 saturated carbocycles. The second kappa shape index (κ2) is 8.78. The number of rotatable bonds is 6. The van der Waals surface area contributed by atoms with Crippen LogP contribution in [0.5, 0.6) is 5.75 Å². The van der Waals surface area contributed by atoms with Gasteiger partial charge in [-0.25, -0.2) is 4.98 Å². The highest BCUT2D eigenvalue weighted by Crippen LogP contribution is 2.30. The molecule has 0 bridgehead atoms. The van der Waals surface area contributed by atoms with Crippen LogP contribution in [0, 0.1) is 6.92 Å². The van der Waals surface area contributed by atoms with E-state index < -0.39 is 0 Å². The Labute approximate surface area is 176 Å². The summed E-state index contributed by atoms with van der Waals surface area (Å²) in [6, 6.07) is 25.5. The molecule has 4 aromatic rings. The van der Waals surface area contributed by atoms with Gasteiger partial charge in [-0.05, 0) is 55.3 Å². The molecule has 0 aliphatic carbocycles. The number of carbonyl (C=O) groups is 1. The Bertz CT molecular complexity index is 1170. The molecule has 0 saturated heterocycles. The third-order valence-electron chi connectivity index (χ3n) is 5.10. The standard InChI is InChI=1S/C26H24N2O2/c1-3-30-21-15-13-20(14-16-21)25-18(2)24(22-11-7-8-12-23(22)28-25)26(29)27-17-19-9-5-4-6-10-19/h4-16H,3,17H2,1-2H3,(H,27,29). The van der Waals surface area contributed by atoms with Gasteiger partial charge in [-0.2, -0.15) is 0 Å². The highest BCUT2D eigenvalue weighted by atomic mass is 16.5. The first-order valence-corrected chi connectivity index (χ1v) is 10.1. The monoisotopic (exact) mass is 396 g/mol. The maximum Gasteiger partial charge on any atom is 0.252 e. The molecule has 0 unspecified atom stereocenters. The quantitative estimate of drug-likeness (QED) is 0.466. The summed E-state index contributed by atoms with van der Waals surface area (Å²) >= 11 is 0. The number of para-hydroxylation sites is 1. The molecule has 3 aromatic carbocycles. The van der Waals surface area contributed by atoms with Gasteiger partial charge < -0.3 is 10.1 Å². The van der Waals surface area contributed by atoms with Crippen LogP contribution in [-0.4, -0.2) is 17.5 Å². The van der Waals surface area contributed by atoms with E-state index in [-0.39, 0.29) is 5.91 Å². The van der Waals surface area contributed by atoms with E-state index in [0.29, 0.717) is 18.7 Å². The zero-order valence-electron chi connectivity index (χ0n) is 17.2. The van der Waals surface area contributed by atoms with Crippen molar-refractivity contribution in [2.75, 3.05) is 6.61 Å². The fourth-order valence-corrected chi connectivity index (χ4v) is 3.62. The van der Waals surface area contributed by atoms with E-state index in [9.17, 15) is 4.79 Å². The summed E-state index contributed by atoms with van der Waals surface area (Å²) in [5, 5.41) is 3.92. The van der Waals surface area contributed by atoms with Gasteiger partial charge in [0, 0.05) is 17.5 Å². The van der Waals surface area contributed by atoms with Gasteiger partial charge in [0.25, 0.3) is 5.91 Å². The van der Waals surface area contributed by atoms with E-state index in [1.807, 2.05) is 92.7 Å². The highest BCUT2D eigenvalue weighted by molar-refractivity contribution is 6.08. The lowest BCUT2D eigenvalue weighted by molar-refractivity contribution is 0.0952. The van der Waals surface area contributed by atoms with Crippen LogP contribution in [0.4, 0.5) is 0 Å². The van der Waals surface area contributed by atoms with E-state index in [1.54, 1.807) is 0 Å². The molecular weight excluding hydrogens is 372 g/mol. The van der Waals surface area contributed by atoms with Gasteiger partial charge in [-0.1, -0.05) is 48.5 Å². The SMILES string of the molecule is CCOc1ccc(-c2nc3ccccc3c(C(=O)NCc3ccccc3)c2C)cc1. The van der Waals surface area contributed by atoms with Crippen LogP contribution in [0.1, 0.15) is 28.4 Å². The summed E-state index contributed by atoms with van der Waals surface area (Å²) in [4.78, 5) is 18.1. The number of ether oxygens (including phenoxy) is 1. The molecule has 4 heteroatoms. The summed E-state index contributed by atoms with van der Waals surface area (Å²) in [5.74, 6) is 0.725. The van der Waals surface area contributed by atoms with Gasteiger partial charge >= 0.3 is 0 Å².